The van der Waals surface area contributed by atoms with E-state index in [-0.39, 0.29) is 6.61 Å². The Morgan fingerprint density at radius 3 is 2.76 bits per heavy atom. The van der Waals surface area contributed by atoms with Gasteiger partial charge in [-0.15, -0.1) is 10.2 Å². The summed E-state index contributed by atoms with van der Waals surface area (Å²) >= 11 is 0. The minimum absolute atomic E-state index is 0.0662. The van der Waals surface area contributed by atoms with Crippen LogP contribution in [0.15, 0.2) is 28.7 Å². The van der Waals surface area contributed by atoms with Crippen molar-refractivity contribution in [2.75, 3.05) is 0 Å². The molecule has 0 saturated heterocycles. The molecule has 2 N–H and O–H groups in total. The summed E-state index contributed by atoms with van der Waals surface area (Å²) in [7, 11) is 0. The average molecular weight is 233 g/mol. The predicted octanol–water partition coefficient (Wildman–Crippen LogP) is 1.16. The summed E-state index contributed by atoms with van der Waals surface area (Å²) in [6.07, 6.45) is 0. The largest absolute Gasteiger partial charge is 0.424 e. The Bertz CT molecular complexity index is 482. The Labute approximate surface area is 99.5 Å². The number of benzene rings is 1. The molecule has 2 rings (SSSR count). The second-order valence-corrected chi connectivity index (χ2v) is 3.80. The number of hydrogen-bond donors (Lipinski definition) is 2. The number of nitrogens with one attached hydrogen (secondary N) is 1. The molecule has 0 atom stereocenters. The summed E-state index contributed by atoms with van der Waals surface area (Å²) in [6.45, 7) is 3.08. The summed E-state index contributed by atoms with van der Waals surface area (Å²) in [4.78, 5) is 0. The molecule has 0 radical (unpaired) electrons. The van der Waals surface area contributed by atoms with Gasteiger partial charge in [0.2, 0.25) is 11.8 Å². The molecule has 0 saturated carbocycles. The number of hydrogen-bond acceptors (Lipinski definition) is 5. The van der Waals surface area contributed by atoms with Gasteiger partial charge < -0.3 is 14.8 Å². The summed E-state index contributed by atoms with van der Waals surface area (Å²) < 4.78 is 5.24. The van der Waals surface area contributed by atoms with Gasteiger partial charge in [-0.1, -0.05) is 24.3 Å². The zero-order valence-corrected chi connectivity index (χ0v) is 9.68. The molecule has 5 nitrogen and oxygen atoms in total. The zero-order chi connectivity index (χ0) is 12.1. The SMILES string of the molecule is Cc1nnc(CNCc2cccc(CO)c2)o1. The highest BCUT2D eigenvalue weighted by Gasteiger charge is 2.01. The average Bonchev–Trinajstić information content (AvgIpc) is 2.75. The van der Waals surface area contributed by atoms with E-state index in [4.69, 9.17) is 9.52 Å². The maximum absolute atomic E-state index is 9.01. The molecule has 90 valence electrons. The number of aromatic nitrogens is 2. The van der Waals surface area contributed by atoms with Crippen LogP contribution < -0.4 is 5.32 Å². The van der Waals surface area contributed by atoms with E-state index in [1.807, 2.05) is 24.3 Å². The van der Waals surface area contributed by atoms with Gasteiger partial charge in [-0.2, -0.15) is 0 Å². The number of aryl methyl sites for hydroxylation is 1. The first-order valence-electron chi connectivity index (χ1n) is 5.46. The highest BCUT2D eigenvalue weighted by atomic mass is 16.4. The molecule has 0 spiro atoms. The Balaban J connectivity index is 1.85. The van der Waals surface area contributed by atoms with Crippen molar-refractivity contribution in [2.24, 2.45) is 0 Å². The second kappa shape index (κ2) is 5.56. The van der Waals surface area contributed by atoms with E-state index in [0.29, 0.717) is 24.9 Å². The lowest BCUT2D eigenvalue weighted by Gasteiger charge is -2.04. The lowest BCUT2D eigenvalue weighted by Crippen LogP contribution is -2.13. The van der Waals surface area contributed by atoms with Crippen molar-refractivity contribution in [3.8, 4) is 0 Å². The van der Waals surface area contributed by atoms with Crippen molar-refractivity contribution in [1.29, 1.82) is 0 Å². The van der Waals surface area contributed by atoms with E-state index < -0.39 is 0 Å². The van der Waals surface area contributed by atoms with Gasteiger partial charge in [0.15, 0.2) is 0 Å². The van der Waals surface area contributed by atoms with Gasteiger partial charge in [0.25, 0.3) is 0 Å². The molecule has 0 aliphatic carbocycles. The van der Waals surface area contributed by atoms with E-state index in [1.165, 1.54) is 0 Å². The van der Waals surface area contributed by atoms with Gasteiger partial charge >= 0.3 is 0 Å². The van der Waals surface area contributed by atoms with Crippen molar-refractivity contribution >= 4 is 0 Å². The summed E-state index contributed by atoms with van der Waals surface area (Å²) in [5.74, 6) is 1.16. The van der Waals surface area contributed by atoms with Crippen molar-refractivity contribution in [3.63, 3.8) is 0 Å². The topological polar surface area (TPSA) is 71.2 Å². The highest BCUT2D eigenvalue weighted by molar-refractivity contribution is 5.22. The van der Waals surface area contributed by atoms with E-state index in [2.05, 4.69) is 15.5 Å². The fraction of sp³-hybridized carbons (Fsp3) is 0.333. The summed E-state index contributed by atoms with van der Waals surface area (Å²) in [6, 6.07) is 7.79. The lowest BCUT2D eigenvalue weighted by molar-refractivity contribution is 0.281. The maximum Gasteiger partial charge on any atom is 0.230 e. The molecule has 0 unspecified atom stereocenters. The smallest absolute Gasteiger partial charge is 0.230 e. The first-order chi connectivity index (χ1) is 8.28. The molecular formula is C12H15N3O2. The Morgan fingerprint density at radius 2 is 2.06 bits per heavy atom. The number of rotatable bonds is 5. The third kappa shape index (κ3) is 3.37. The third-order valence-corrected chi connectivity index (χ3v) is 2.35. The molecule has 0 aliphatic heterocycles. The van der Waals surface area contributed by atoms with Crippen LogP contribution in [0.1, 0.15) is 22.9 Å². The number of aliphatic hydroxyl groups excluding tert-OH is 1. The van der Waals surface area contributed by atoms with Gasteiger partial charge in [0.05, 0.1) is 13.2 Å². The Morgan fingerprint density at radius 1 is 1.24 bits per heavy atom. The van der Waals surface area contributed by atoms with Crippen molar-refractivity contribution in [2.45, 2.75) is 26.6 Å². The van der Waals surface area contributed by atoms with Crippen LogP contribution in [-0.4, -0.2) is 15.3 Å². The molecule has 1 heterocycles. The molecule has 5 heteroatoms. The van der Waals surface area contributed by atoms with Crippen LogP contribution >= 0.6 is 0 Å². The molecule has 0 amide bonds. The van der Waals surface area contributed by atoms with Crippen molar-refractivity contribution in [3.05, 3.63) is 47.2 Å². The Kier molecular flexibility index (Phi) is 3.85. The van der Waals surface area contributed by atoms with Crippen LogP contribution in [0.5, 0.6) is 0 Å². The van der Waals surface area contributed by atoms with Crippen molar-refractivity contribution in [1.82, 2.24) is 15.5 Å². The fourth-order valence-corrected chi connectivity index (χ4v) is 1.56. The first kappa shape index (κ1) is 11.8. The molecule has 1 aromatic carbocycles. The summed E-state index contributed by atoms with van der Waals surface area (Å²) in [5, 5.41) is 19.9. The second-order valence-electron chi connectivity index (χ2n) is 3.80. The molecule has 17 heavy (non-hydrogen) atoms. The molecule has 1 aromatic heterocycles. The first-order valence-corrected chi connectivity index (χ1v) is 5.46. The van der Waals surface area contributed by atoms with Gasteiger partial charge in [-0.3, -0.25) is 0 Å². The van der Waals surface area contributed by atoms with E-state index in [9.17, 15) is 0 Å². The molecule has 0 bridgehead atoms. The van der Waals surface area contributed by atoms with E-state index in [1.54, 1.807) is 6.92 Å². The molecule has 2 aromatic rings. The molecule has 0 aliphatic rings. The minimum atomic E-state index is 0.0662. The zero-order valence-electron chi connectivity index (χ0n) is 9.68. The predicted molar refractivity (Wildman–Crippen MR) is 61.9 cm³/mol. The normalized spacial score (nSPS) is 10.7. The standard InChI is InChI=1S/C12H15N3O2/c1-9-14-15-12(17-9)7-13-6-10-3-2-4-11(5-10)8-16/h2-5,13,16H,6-8H2,1H3. The van der Waals surface area contributed by atoms with Crippen LogP contribution in [0, 0.1) is 6.92 Å². The van der Waals surface area contributed by atoms with Crippen LogP contribution in [0.4, 0.5) is 0 Å². The number of aliphatic hydroxyl groups is 1. The van der Waals surface area contributed by atoms with Crippen molar-refractivity contribution < 1.29 is 9.52 Å². The van der Waals surface area contributed by atoms with Crippen LogP contribution in [0.3, 0.4) is 0 Å². The maximum atomic E-state index is 9.01. The van der Waals surface area contributed by atoms with Crippen LogP contribution in [0.25, 0.3) is 0 Å². The van der Waals surface area contributed by atoms with Crippen LogP contribution in [-0.2, 0) is 19.7 Å². The number of nitrogens with zero attached hydrogens (tertiary/aromatic N) is 2. The Hall–Kier alpha value is -1.72. The van der Waals surface area contributed by atoms with E-state index >= 15 is 0 Å². The fourth-order valence-electron chi connectivity index (χ4n) is 1.56. The minimum Gasteiger partial charge on any atom is -0.424 e. The van der Waals surface area contributed by atoms with Gasteiger partial charge in [-0.05, 0) is 11.1 Å². The van der Waals surface area contributed by atoms with Gasteiger partial charge in [0.1, 0.15) is 0 Å². The summed E-state index contributed by atoms with van der Waals surface area (Å²) in [5.41, 5.74) is 2.03. The third-order valence-electron chi connectivity index (χ3n) is 2.35. The van der Waals surface area contributed by atoms with Crippen LogP contribution in [0.2, 0.25) is 0 Å². The molecule has 0 fully saturated rings. The highest BCUT2D eigenvalue weighted by Crippen LogP contribution is 2.05. The van der Waals surface area contributed by atoms with Gasteiger partial charge in [-0.25, -0.2) is 0 Å². The quantitative estimate of drug-likeness (QED) is 0.811. The monoisotopic (exact) mass is 233 g/mol. The molecular weight excluding hydrogens is 218 g/mol. The van der Waals surface area contributed by atoms with E-state index in [0.717, 1.165) is 11.1 Å². The lowest BCUT2D eigenvalue weighted by atomic mass is 10.1. The van der Waals surface area contributed by atoms with Gasteiger partial charge in [0, 0.05) is 13.5 Å².